The van der Waals surface area contributed by atoms with Crippen molar-refractivity contribution in [2.45, 2.75) is 4.90 Å². The fourth-order valence-electron chi connectivity index (χ4n) is 0.768. The van der Waals surface area contributed by atoms with Crippen LogP contribution in [0.15, 0.2) is 23.1 Å². The van der Waals surface area contributed by atoms with Gasteiger partial charge in [0.1, 0.15) is 5.75 Å². The SMILES string of the molecule is COC(=O)c1ccc(S)c(O)c1.[Zn+2]. The first-order valence-electron chi connectivity index (χ1n) is 3.25. The first kappa shape index (κ1) is 12.5. The van der Waals surface area contributed by atoms with Crippen LogP contribution < -0.4 is 0 Å². The van der Waals surface area contributed by atoms with Crippen LogP contribution in [0.1, 0.15) is 10.4 Å². The van der Waals surface area contributed by atoms with Gasteiger partial charge in [-0.05, 0) is 18.2 Å². The molecule has 0 fully saturated rings. The van der Waals surface area contributed by atoms with Gasteiger partial charge in [-0.3, -0.25) is 0 Å². The number of phenols is 1. The van der Waals surface area contributed by atoms with Gasteiger partial charge in [-0.2, -0.15) is 0 Å². The summed E-state index contributed by atoms with van der Waals surface area (Å²) in [6.07, 6.45) is 0. The summed E-state index contributed by atoms with van der Waals surface area (Å²) in [5.74, 6) is -0.500. The molecule has 0 radical (unpaired) electrons. The van der Waals surface area contributed by atoms with Gasteiger partial charge in [0.15, 0.2) is 0 Å². The van der Waals surface area contributed by atoms with E-state index < -0.39 is 5.97 Å². The molecule has 1 aromatic rings. The Kier molecular flexibility index (Phi) is 5.03. The average Bonchev–Trinajstić information content (AvgIpc) is 2.08. The van der Waals surface area contributed by atoms with Gasteiger partial charge in [0.2, 0.25) is 0 Å². The van der Waals surface area contributed by atoms with Crippen molar-refractivity contribution in [1.82, 2.24) is 0 Å². The number of benzene rings is 1. The molecule has 0 unspecified atom stereocenters. The Labute approximate surface area is 94.3 Å². The van der Waals surface area contributed by atoms with Crippen LogP contribution in [-0.4, -0.2) is 18.2 Å². The van der Waals surface area contributed by atoms with Crippen molar-refractivity contribution in [2.75, 3.05) is 7.11 Å². The molecule has 0 aromatic heterocycles. The quantitative estimate of drug-likeness (QED) is 0.450. The van der Waals surface area contributed by atoms with Crippen LogP contribution in [0.25, 0.3) is 0 Å². The Hall–Kier alpha value is -0.537. The summed E-state index contributed by atoms with van der Waals surface area (Å²) >= 11 is 3.94. The Morgan fingerprint density at radius 1 is 1.54 bits per heavy atom. The number of hydrogen-bond donors (Lipinski definition) is 2. The molecular formula is C8H8O3SZn+2. The smallest absolute Gasteiger partial charge is 0.507 e. The second-order valence-corrected chi connectivity index (χ2v) is 2.68. The molecule has 1 N–H and O–H groups in total. The van der Waals surface area contributed by atoms with E-state index in [2.05, 4.69) is 17.4 Å². The van der Waals surface area contributed by atoms with Gasteiger partial charge in [0.25, 0.3) is 0 Å². The largest absolute Gasteiger partial charge is 2.00 e. The summed E-state index contributed by atoms with van der Waals surface area (Å²) in [5, 5.41) is 9.16. The van der Waals surface area contributed by atoms with Crippen molar-refractivity contribution in [3.05, 3.63) is 23.8 Å². The van der Waals surface area contributed by atoms with Crippen LogP contribution in [0.5, 0.6) is 5.75 Å². The fraction of sp³-hybridized carbons (Fsp3) is 0.125. The fourth-order valence-corrected chi connectivity index (χ4v) is 0.907. The molecule has 1 rings (SSSR count). The number of aromatic hydroxyl groups is 1. The van der Waals surface area contributed by atoms with E-state index in [0.717, 1.165) is 0 Å². The van der Waals surface area contributed by atoms with E-state index in [9.17, 15) is 4.79 Å². The van der Waals surface area contributed by atoms with Crippen LogP contribution in [0.2, 0.25) is 0 Å². The number of methoxy groups -OCH3 is 1. The first-order chi connectivity index (χ1) is 5.65. The molecule has 0 saturated heterocycles. The molecule has 3 nitrogen and oxygen atoms in total. The van der Waals surface area contributed by atoms with Crippen LogP contribution >= 0.6 is 12.6 Å². The summed E-state index contributed by atoms with van der Waals surface area (Å²) in [7, 11) is 1.29. The molecule has 0 aliphatic carbocycles. The number of hydrogen-bond acceptors (Lipinski definition) is 4. The second-order valence-electron chi connectivity index (χ2n) is 2.20. The van der Waals surface area contributed by atoms with Gasteiger partial charge < -0.3 is 9.84 Å². The number of carbonyl (C=O) groups is 1. The second kappa shape index (κ2) is 5.25. The minimum Gasteiger partial charge on any atom is -0.507 e. The van der Waals surface area contributed by atoms with Gasteiger partial charge in [0.05, 0.1) is 12.7 Å². The summed E-state index contributed by atoms with van der Waals surface area (Å²) in [5.41, 5.74) is 0.313. The molecule has 0 aliphatic rings. The molecule has 1 aromatic carbocycles. The number of phenolic OH excluding ortho intramolecular Hbond substituents is 1. The van der Waals surface area contributed by atoms with Crippen molar-refractivity contribution in [3.63, 3.8) is 0 Å². The zero-order valence-electron chi connectivity index (χ0n) is 7.15. The minimum atomic E-state index is -0.473. The maximum Gasteiger partial charge on any atom is 2.00 e. The molecule has 0 heterocycles. The van der Waals surface area contributed by atoms with Crippen molar-refractivity contribution in [1.29, 1.82) is 0 Å². The zero-order valence-corrected chi connectivity index (χ0v) is 11.0. The van der Waals surface area contributed by atoms with E-state index in [1.165, 1.54) is 25.3 Å². The van der Waals surface area contributed by atoms with Crippen molar-refractivity contribution in [2.24, 2.45) is 0 Å². The Morgan fingerprint density at radius 3 is 2.62 bits per heavy atom. The van der Waals surface area contributed by atoms with Crippen molar-refractivity contribution < 1.29 is 34.1 Å². The molecule has 64 valence electrons. The summed E-state index contributed by atoms with van der Waals surface area (Å²) < 4.78 is 4.46. The predicted octanol–water partition coefficient (Wildman–Crippen LogP) is 1.46. The molecule has 5 heteroatoms. The Bertz CT molecular complexity index is 314. The van der Waals surface area contributed by atoms with Gasteiger partial charge in [-0.1, -0.05) is 0 Å². The molecule has 0 saturated carbocycles. The van der Waals surface area contributed by atoms with Crippen LogP contribution in [0.3, 0.4) is 0 Å². The molecular weight excluding hydrogens is 242 g/mol. The Balaban J connectivity index is 0.00000144. The van der Waals surface area contributed by atoms with Gasteiger partial charge in [0, 0.05) is 4.90 Å². The standard InChI is InChI=1S/C8H8O3S.Zn/c1-11-8(10)5-2-3-7(12)6(9)4-5;/h2-4,9,12H,1H3;/q;+2. The average molecular weight is 250 g/mol. The molecule has 0 bridgehead atoms. The van der Waals surface area contributed by atoms with E-state index in [1.54, 1.807) is 0 Å². The number of rotatable bonds is 1. The molecule has 0 spiro atoms. The summed E-state index contributed by atoms with van der Waals surface area (Å²) in [6.45, 7) is 0. The Morgan fingerprint density at radius 2 is 2.15 bits per heavy atom. The van der Waals surface area contributed by atoms with Crippen molar-refractivity contribution in [3.8, 4) is 5.75 Å². The summed E-state index contributed by atoms with van der Waals surface area (Å²) in [4.78, 5) is 11.4. The predicted molar refractivity (Wildman–Crippen MR) is 46.7 cm³/mol. The maximum atomic E-state index is 10.9. The van der Waals surface area contributed by atoms with Crippen molar-refractivity contribution >= 4 is 18.6 Å². The molecule has 0 aliphatic heterocycles. The number of esters is 1. The van der Waals surface area contributed by atoms with E-state index in [0.29, 0.717) is 10.5 Å². The van der Waals surface area contributed by atoms with Crippen LogP contribution in [0, 0.1) is 0 Å². The number of carbonyl (C=O) groups excluding carboxylic acids is 1. The van der Waals surface area contributed by atoms with Gasteiger partial charge >= 0.3 is 25.4 Å². The molecule has 0 atom stereocenters. The molecule has 0 amide bonds. The minimum absolute atomic E-state index is 0. The third-order valence-electron chi connectivity index (χ3n) is 1.40. The maximum absolute atomic E-state index is 10.9. The van der Waals surface area contributed by atoms with E-state index in [4.69, 9.17) is 5.11 Å². The van der Waals surface area contributed by atoms with Crippen LogP contribution in [-0.2, 0) is 24.2 Å². The monoisotopic (exact) mass is 248 g/mol. The van der Waals surface area contributed by atoms with Crippen LogP contribution in [0.4, 0.5) is 0 Å². The number of thiol groups is 1. The van der Waals surface area contributed by atoms with E-state index >= 15 is 0 Å². The summed E-state index contributed by atoms with van der Waals surface area (Å²) in [6, 6.07) is 4.38. The van der Waals surface area contributed by atoms with E-state index in [-0.39, 0.29) is 25.2 Å². The zero-order chi connectivity index (χ0) is 9.14. The van der Waals surface area contributed by atoms with E-state index in [1.807, 2.05) is 0 Å². The third kappa shape index (κ3) is 3.01. The third-order valence-corrected chi connectivity index (χ3v) is 1.77. The normalized spacial score (nSPS) is 8.77. The van der Waals surface area contributed by atoms with Gasteiger partial charge in [-0.15, -0.1) is 12.6 Å². The molecule has 13 heavy (non-hydrogen) atoms. The van der Waals surface area contributed by atoms with Gasteiger partial charge in [-0.25, -0.2) is 4.79 Å². The topological polar surface area (TPSA) is 46.5 Å². The first-order valence-corrected chi connectivity index (χ1v) is 3.70. The number of ether oxygens (including phenoxy) is 1.